The van der Waals surface area contributed by atoms with Gasteiger partial charge in [0.1, 0.15) is 0 Å². The third-order valence-electron chi connectivity index (χ3n) is 2.40. The average Bonchev–Trinajstić information content (AvgIpc) is 2.12. The number of nitrogens with zero attached hydrogens (tertiary/aromatic N) is 1. The summed E-state index contributed by atoms with van der Waals surface area (Å²) in [4.78, 5) is 2.29. The van der Waals surface area contributed by atoms with E-state index in [1.54, 1.807) is 7.11 Å². The van der Waals surface area contributed by atoms with Gasteiger partial charge in [0.2, 0.25) is 0 Å². The Bertz CT molecular complexity index is 143. The highest BCUT2D eigenvalue weighted by Crippen LogP contribution is 2.16. The van der Waals surface area contributed by atoms with Crippen molar-refractivity contribution in [1.82, 2.24) is 10.2 Å². The van der Waals surface area contributed by atoms with Crippen molar-refractivity contribution in [2.24, 2.45) is 5.41 Å². The van der Waals surface area contributed by atoms with E-state index in [0.29, 0.717) is 5.41 Å². The Morgan fingerprint density at radius 1 is 1.13 bits per heavy atom. The van der Waals surface area contributed by atoms with E-state index in [1.807, 2.05) is 0 Å². The number of likely N-dealkylation sites (N-methyl/N-ethyl adjacent to an activating group) is 1. The van der Waals surface area contributed by atoms with E-state index < -0.39 is 0 Å². The Kier molecular flexibility index (Phi) is 8.02. The van der Waals surface area contributed by atoms with Crippen LogP contribution in [0.25, 0.3) is 0 Å². The topological polar surface area (TPSA) is 24.5 Å². The standard InChI is InChI=1S/C12H28N2O/c1-12(2,3)6-7-13-8-9-14(4)10-11-15-5/h13H,6-11H2,1-5H3. The quantitative estimate of drug-likeness (QED) is 0.624. The van der Waals surface area contributed by atoms with Gasteiger partial charge in [-0.1, -0.05) is 20.8 Å². The van der Waals surface area contributed by atoms with Gasteiger partial charge in [-0.25, -0.2) is 0 Å². The molecule has 0 aliphatic carbocycles. The SMILES string of the molecule is COCCN(C)CCNCCC(C)(C)C. The van der Waals surface area contributed by atoms with E-state index in [-0.39, 0.29) is 0 Å². The van der Waals surface area contributed by atoms with Crippen LogP contribution in [0.15, 0.2) is 0 Å². The van der Waals surface area contributed by atoms with Gasteiger partial charge < -0.3 is 15.0 Å². The normalized spacial score (nSPS) is 12.4. The monoisotopic (exact) mass is 216 g/mol. The molecule has 92 valence electrons. The summed E-state index contributed by atoms with van der Waals surface area (Å²) in [6, 6.07) is 0. The van der Waals surface area contributed by atoms with Crippen molar-refractivity contribution in [3.8, 4) is 0 Å². The third kappa shape index (κ3) is 11.8. The summed E-state index contributed by atoms with van der Waals surface area (Å²) in [6.07, 6.45) is 1.23. The van der Waals surface area contributed by atoms with Crippen LogP contribution in [0.5, 0.6) is 0 Å². The maximum absolute atomic E-state index is 5.02. The molecule has 0 radical (unpaired) electrons. The molecule has 0 aliphatic rings. The summed E-state index contributed by atoms with van der Waals surface area (Å²) >= 11 is 0. The second-order valence-corrected chi connectivity index (χ2v) is 5.36. The summed E-state index contributed by atoms with van der Waals surface area (Å²) < 4.78 is 5.02. The second-order valence-electron chi connectivity index (χ2n) is 5.36. The molecule has 15 heavy (non-hydrogen) atoms. The van der Waals surface area contributed by atoms with Crippen LogP contribution in [0.1, 0.15) is 27.2 Å². The van der Waals surface area contributed by atoms with Crippen LogP contribution in [-0.2, 0) is 4.74 Å². The molecule has 0 bridgehead atoms. The van der Waals surface area contributed by atoms with Crippen LogP contribution in [0, 0.1) is 5.41 Å². The lowest BCUT2D eigenvalue weighted by atomic mass is 9.92. The molecule has 0 aromatic heterocycles. The molecule has 3 heteroatoms. The molecule has 0 unspecified atom stereocenters. The molecular weight excluding hydrogens is 188 g/mol. The van der Waals surface area contributed by atoms with Gasteiger partial charge >= 0.3 is 0 Å². The minimum absolute atomic E-state index is 0.439. The van der Waals surface area contributed by atoms with E-state index in [9.17, 15) is 0 Å². The highest BCUT2D eigenvalue weighted by atomic mass is 16.5. The Hall–Kier alpha value is -0.120. The molecule has 3 nitrogen and oxygen atoms in total. The minimum Gasteiger partial charge on any atom is -0.383 e. The minimum atomic E-state index is 0.439. The number of hydrogen-bond acceptors (Lipinski definition) is 3. The Labute approximate surface area is 95.2 Å². The fraction of sp³-hybridized carbons (Fsp3) is 1.00. The zero-order chi connectivity index (χ0) is 11.7. The third-order valence-corrected chi connectivity index (χ3v) is 2.40. The maximum atomic E-state index is 5.02. The predicted octanol–water partition coefficient (Wildman–Crippen LogP) is 1.59. The molecule has 0 spiro atoms. The number of rotatable bonds is 8. The lowest BCUT2D eigenvalue weighted by molar-refractivity contribution is 0.161. The summed E-state index contributed by atoms with van der Waals surface area (Å²) in [5.74, 6) is 0. The van der Waals surface area contributed by atoms with Crippen molar-refractivity contribution in [2.75, 3.05) is 46.9 Å². The summed E-state index contributed by atoms with van der Waals surface area (Å²) in [6.45, 7) is 11.9. The molecule has 0 aromatic carbocycles. The first kappa shape index (κ1) is 14.9. The van der Waals surface area contributed by atoms with Gasteiger partial charge in [0.05, 0.1) is 6.61 Å². The fourth-order valence-corrected chi connectivity index (χ4v) is 1.22. The number of nitrogens with one attached hydrogen (secondary N) is 1. The van der Waals surface area contributed by atoms with Crippen molar-refractivity contribution in [3.05, 3.63) is 0 Å². The Morgan fingerprint density at radius 2 is 1.80 bits per heavy atom. The van der Waals surface area contributed by atoms with E-state index >= 15 is 0 Å². The lowest BCUT2D eigenvalue weighted by Crippen LogP contribution is -2.32. The molecule has 0 aromatic rings. The number of ether oxygens (including phenoxy) is 1. The van der Waals surface area contributed by atoms with Crippen LogP contribution < -0.4 is 5.32 Å². The molecule has 0 amide bonds. The molecule has 0 saturated carbocycles. The predicted molar refractivity (Wildman–Crippen MR) is 66.3 cm³/mol. The van der Waals surface area contributed by atoms with Gasteiger partial charge in [-0.2, -0.15) is 0 Å². The molecular formula is C12H28N2O. The second kappa shape index (κ2) is 8.08. The van der Waals surface area contributed by atoms with Gasteiger partial charge in [0, 0.05) is 26.7 Å². The molecule has 0 saturated heterocycles. The fourth-order valence-electron chi connectivity index (χ4n) is 1.22. The van der Waals surface area contributed by atoms with E-state index in [1.165, 1.54) is 6.42 Å². The van der Waals surface area contributed by atoms with Crippen LogP contribution in [0.4, 0.5) is 0 Å². The summed E-state index contributed by atoms with van der Waals surface area (Å²) in [7, 11) is 3.87. The van der Waals surface area contributed by atoms with E-state index in [2.05, 4.69) is 38.0 Å². The zero-order valence-electron chi connectivity index (χ0n) is 11.1. The zero-order valence-corrected chi connectivity index (χ0v) is 11.1. The molecule has 0 aliphatic heterocycles. The van der Waals surface area contributed by atoms with E-state index in [4.69, 9.17) is 4.74 Å². The van der Waals surface area contributed by atoms with Crippen LogP contribution in [0.2, 0.25) is 0 Å². The van der Waals surface area contributed by atoms with Gasteiger partial charge in [0.25, 0.3) is 0 Å². The van der Waals surface area contributed by atoms with Crippen LogP contribution in [0.3, 0.4) is 0 Å². The van der Waals surface area contributed by atoms with Crippen LogP contribution in [-0.4, -0.2) is 51.8 Å². The molecule has 0 atom stereocenters. The maximum Gasteiger partial charge on any atom is 0.0589 e. The Morgan fingerprint density at radius 3 is 2.33 bits per heavy atom. The highest BCUT2D eigenvalue weighted by Gasteiger charge is 2.08. The number of methoxy groups -OCH3 is 1. The molecule has 0 fully saturated rings. The highest BCUT2D eigenvalue weighted by molar-refractivity contribution is 4.63. The summed E-state index contributed by atoms with van der Waals surface area (Å²) in [5, 5.41) is 3.47. The van der Waals surface area contributed by atoms with Crippen molar-refractivity contribution >= 4 is 0 Å². The lowest BCUT2D eigenvalue weighted by Gasteiger charge is -2.19. The molecule has 0 heterocycles. The van der Waals surface area contributed by atoms with Gasteiger partial charge in [-0.3, -0.25) is 0 Å². The van der Waals surface area contributed by atoms with E-state index in [0.717, 1.165) is 32.8 Å². The Balaban J connectivity index is 3.23. The average molecular weight is 216 g/mol. The van der Waals surface area contributed by atoms with Crippen molar-refractivity contribution in [3.63, 3.8) is 0 Å². The smallest absolute Gasteiger partial charge is 0.0589 e. The van der Waals surface area contributed by atoms with Gasteiger partial charge in [-0.15, -0.1) is 0 Å². The number of hydrogen-bond donors (Lipinski definition) is 1. The largest absolute Gasteiger partial charge is 0.383 e. The van der Waals surface area contributed by atoms with Crippen LogP contribution >= 0.6 is 0 Å². The van der Waals surface area contributed by atoms with Crippen molar-refractivity contribution in [1.29, 1.82) is 0 Å². The first-order chi connectivity index (χ1) is 6.95. The van der Waals surface area contributed by atoms with Gasteiger partial charge in [0.15, 0.2) is 0 Å². The molecule has 0 rings (SSSR count). The van der Waals surface area contributed by atoms with Crippen molar-refractivity contribution in [2.45, 2.75) is 27.2 Å². The van der Waals surface area contributed by atoms with Gasteiger partial charge in [-0.05, 0) is 25.4 Å². The first-order valence-electron chi connectivity index (χ1n) is 5.84. The van der Waals surface area contributed by atoms with Crippen molar-refractivity contribution < 1.29 is 4.74 Å². The summed E-state index contributed by atoms with van der Waals surface area (Å²) in [5.41, 5.74) is 0.439. The molecule has 1 N–H and O–H groups in total. The first-order valence-corrected chi connectivity index (χ1v) is 5.84.